The molecule has 2 aromatic carbocycles. The molecule has 2 heterocycles. The van der Waals surface area contributed by atoms with E-state index < -0.39 is 0 Å². The van der Waals surface area contributed by atoms with E-state index >= 15 is 0 Å². The molecule has 0 radical (unpaired) electrons. The smallest absolute Gasteiger partial charge is 0.277 e. The number of aryl methyl sites for hydroxylation is 1. The van der Waals surface area contributed by atoms with Crippen LogP contribution in [-0.4, -0.2) is 20.0 Å². The van der Waals surface area contributed by atoms with Gasteiger partial charge in [-0.25, -0.2) is 0 Å². The highest BCUT2D eigenvalue weighted by Crippen LogP contribution is 2.39. The first-order chi connectivity index (χ1) is 13.6. The van der Waals surface area contributed by atoms with Crippen LogP contribution in [0.25, 0.3) is 0 Å². The maximum absolute atomic E-state index is 5.93. The lowest BCUT2D eigenvalue weighted by Crippen LogP contribution is -2.04. The summed E-state index contributed by atoms with van der Waals surface area (Å²) in [6.45, 7) is 4.43. The van der Waals surface area contributed by atoms with Gasteiger partial charge in [0.05, 0.1) is 21.1 Å². The highest BCUT2D eigenvalue weighted by atomic mass is 79.9. The number of rotatable bonds is 6. The molecular formula is C21H19BrN4OS. The van der Waals surface area contributed by atoms with Crippen molar-refractivity contribution < 1.29 is 4.42 Å². The van der Waals surface area contributed by atoms with Gasteiger partial charge in [-0.1, -0.05) is 72.4 Å². The predicted molar refractivity (Wildman–Crippen MR) is 113 cm³/mol. The van der Waals surface area contributed by atoms with Crippen LogP contribution in [0, 0.1) is 13.8 Å². The van der Waals surface area contributed by atoms with Gasteiger partial charge in [0, 0.05) is 0 Å². The Bertz CT molecular complexity index is 1020. The zero-order chi connectivity index (χ0) is 19.5. The van der Waals surface area contributed by atoms with Crippen LogP contribution in [0.4, 0.5) is 0 Å². The van der Waals surface area contributed by atoms with E-state index in [1.807, 2.05) is 54.9 Å². The molecule has 4 aromatic rings. The van der Waals surface area contributed by atoms with Crippen molar-refractivity contribution in [1.29, 1.82) is 0 Å². The number of hydrogen-bond acceptors (Lipinski definition) is 5. The first-order valence-electron chi connectivity index (χ1n) is 8.90. The van der Waals surface area contributed by atoms with Gasteiger partial charge < -0.3 is 4.42 Å². The topological polar surface area (TPSA) is 56.7 Å². The van der Waals surface area contributed by atoms with Gasteiger partial charge in [-0.05, 0) is 40.9 Å². The number of hydrogen-bond donors (Lipinski definition) is 0. The molecule has 0 saturated carbocycles. The summed E-state index contributed by atoms with van der Waals surface area (Å²) in [6.07, 6.45) is 0. The van der Waals surface area contributed by atoms with Crippen molar-refractivity contribution in [2.24, 2.45) is 0 Å². The van der Waals surface area contributed by atoms with Crippen LogP contribution in [0.5, 0.6) is 0 Å². The number of thioether (sulfide) groups is 1. The summed E-state index contributed by atoms with van der Waals surface area (Å²) in [5.74, 6) is 0.542. The average molecular weight is 455 g/mol. The molecule has 0 unspecified atom stereocenters. The molecule has 0 fully saturated rings. The third-order valence-electron chi connectivity index (χ3n) is 4.45. The summed E-state index contributed by atoms with van der Waals surface area (Å²) in [5, 5.41) is 13.6. The van der Waals surface area contributed by atoms with Crippen LogP contribution in [-0.2, 0) is 6.54 Å². The minimum absolute atomic E-state index is 0.0820. The lowest BCUT2D eigenvalue weighted by molar-refractivity contribution is 0.395. The van der Waals surface area contributed by atoms with E-state index in [4.69, 9.17) is 4.42 Å². The zero-order valence-corrected chi connectivity index (χ0v) is 17.9. The molecule has 28 heavy (non-hydrogen) atoms. The summed E-state index contributed by atoms with van der Waals surface area (Å²) in [6, 6.07) is 20.7. The van der Waals surface area contributed by atoms with Gasteiger partial charge in [0.1, 0.15) is 6.54 Å². The minimum Gasteiger partial charge on any atom is -0.414 e. The van der Waals surface area contributed by atoms with Gasteiger partial charge in [-0.2, -0.15) is 5.10 Å². The van der Waals surface area contributed by atoms with E-state index in [1.165, 1.54) is 11.1 Å². The fourth-order valence-electron chi connectivity index (χ4n) is 2.99. The lowest BCUT2D eigenvalue weighted by atomic mass is 10.0. The summed E-state index contributed by atoms with van der Waals surface area (Å²) < 4.78 is 8.81. The molecule has 4 rings (SSSR count). The van der Waals surface area contributed by atoms with Crippen LogP contribution in [0.2, 0.25) is 0 Å². The molecule has 0 amide bonds. The first kappa shape index (κ1) is 19.0. The Hall–Kier alpha value is -2.38. The second-order valence-corrected chi connectivity index (χ2v) is 8.27. The third-order valence-corrected chi connectivity index (χ3v) is 6.74. The van der Waals surface area contributed by atoms with Gasteiger partial charge in [-0.15, -0.1) is 10.2 Å². The Morgan fingerprint density at radius 2 is 1.57 bits per heavy atom. The Morgan fingerprint density at radius 3 is 2.11 bits per heavy atom. The molecule has 0 aliphatic heterocycles. The quantitative estimate of drug-likeness (QED) is 0.356. The summed E-state index contributed by atoms with van der Waals surface area (Å²) in [7, 11) is 0. The third kappa shape index (κ3) is 4.05. The SMILES string of the molecule is Cc1nn(Cc2nnc(SC(c3ccccc3)c3ccccc3)o2)c(C)c1Br. The number of benzene rings is 2. The Balaban J connectivity index is 1.57. The van der Waals surface area contributed by atoms with Gasteiger partial charge in [0.25, 0.3) is 5.22 Å². The lowest BCUT2D eigenvalue weighted by Gasteiger charge is -2.15. The Kier molecular flexibility index (Phi) is 5.64. The standard InChI is InChI=1S/C21H19BrN4OS/c1-14-19(22)15(2)26(25-14)13-18-23-24-21(27-18)28-20(16-9-5-3-6-10-16)17-11-7-4-8-12-17/h3-12,20H,13H2,1-2H3. The number of halogens is 1. The molecule has 0 atom stereocenters. The van der Waals surface area contributed by atoms with Crippen molar-refractivity contribution in [1.82, 2.24) is 20.0 Å². The number of nitrogens with zero attached hydrogens (tertiary/aromatic N) is 4. The van der Waals surface area contributed by atoms with Crippen LogP contribution in [0.3, 0.4) is 0 Å². The highest BCUT2D eigenvalue weighted by molar-refractivity contribution is 9.10. The summed E-state index contributed by atoms with van der Waals surface area (Å²) >= 11 is 5.11. The molecule has 2 aromatic heterocycles. The minimum atomic E-state index is 0.0820. The molecule has 0 aliphatic rings. The van der Waals surface area contributed by atoms with Crippen molar-refractivity contribution in [2.45, 2.75) is 30.9 Å². The van der Waals surface area contributed by atoms with Gasteiger partial charge >= 0.3 is 0 Å². The molecule has 0 aliphatic carbocycles. The normalized spacial score (nSPS) is 11.3. The van der Waals surface area contributed by atoms with Crippen LogP contribution in [0.15, 0.2) is 74.8 Å². The van der Waals surface area contributed by atoms with Gasteiger partial charge in [-0.3, -0.25) is 4.68 Å². The monoisotopic (exact) mass is 454 g/mol. The van der Waals surface area contributed by atoms with E-state index in [2.05, 4.69) is 55.5 Å². The van der Waals surface area contributed by atoms with Crippen LogP contribution in [0.1, 0.15) is 33.7 Å². The van der Waals surface area contributed by atoms with Crippen molar-refractivity contribution in [2.75, 3.05) is 0 Å². The van der Waals surface area contributed by atoms with E-state index in [0.29, 0.717) is 17.7 Å². The fraction of sp³-hybridized carbons (Fsp3) is 0.190. The molecular weight excluding hydrogens is 436 g/mol. The molecule has 7 heteroatoms. The van der Waals surface area contributed by atoms with Gasteiger partial charge in [0.2, 0.25) is 5.89 Å². The van der Waals surface area contributed by atoms with Crippen LogP contribution < -0.4 is 0 Å². The fourth-order valence-corrected chi connectivity index (χ4v) is 4.30. The van der Waals surface area contributed by atoms with E-state index in [-0.39, 0.29) is 5.25 Å². The van der Waals surface area contributed by atoms with Gasteiger partial charge in [0.15, 0.2) is 0 Å². The first-order valence-corrected chi connectivity index (χ1v) is 10.6. The second-order valence-electron chi connectivity index (χ2n) is 6.42. The zero-order valence-electron chi connectivity index (χ0n) is 15.5. The van der Waals surface area contributed by atoms with E-state index in [1.54, 1.807) is 11.8 Å². The summed E-state index contributed by atoms with van der Waals surface area (Å²) in [5.41, 5.74) is 4.37. The summed E-state index contributed by atoms with van der Waals surface area (Å²) in [4.78, 5) is 0. The highest BCUT2D eigenvalue weighted by Gasteiger charge is 2.20. The van der Waals surface area contributed by atoms with E-state index in [9.17, 15) is 0 Å². The van der Waals surface area contributed by atoms with Crippen molar-refractivity contribution in [3.05, 3.63) is 93.5 Å². The number of aromatic nitrogens is 4. The molecule has 0 N–H and O–H groups in total. The van der Waals surface area contributed by atoms with Crippen molar-refractivity contribution >= 4 is 27.7 Å². The van der Waals surface area contributed by atoms with Crippen LogP contribution >= 0.6 is 27.7 Å². The van der Waals surface area contributed by atoms with Crippen molar-refractivity contribution in [3.63, 3.8) is 0 Å². The molecule has 5 nitrogen and oxygen atoms in total. The molecule has 0 spiro atoms. The maximum atomic E-state index is 5.93. The predicted octanol–water partition coefficient (Wildman–Crippen LogP) is 5.58. The Morgan fingerprint density at radius 1 is 0.964 bits per heavy atom. The second kappa shape index (κ2) is 8.32. The average Bonchev–Trinajstić information content (AvgIpc) is 3.27. The van der Waals surface area contributed by atoms with Crippen molar-refractivity contribution in [3.8, 4) is 0 Å². The van der Waals surface area contributed by atoms with E-state index in [0.717, 1.165) is 15.9 Å². The Labute approximate surface area is 176 Å². The maximum Gasteiger partial charge on any atom is 0.277 e. The molecule has 142 valence electrons. The largest absolute Gasteiger partial charge is 0.414 e. The molecule has 0 bridgehead atoms. The molecule has 0 saturated heterocycles.